The molecule has 0 amide bonds. The lowest BCUT2D eigenvalue weighted by molar-refractivity contribution is 0.415. The van der Waals surface area contributed by atoms with Gasteiger partial charge in [0, 0.05) is 16.6 Å². The molecule has 0 atom stereocenters. The Kier molecular flexibility index (Phi) is 4.11. The van der Waals surface area contributed by atoms with E-state index in [0.717, 1.165) is 22.3 Å². The maximum absolute atomic E-state index is 5.16. The number of anilines is 2. The normalized spacial score (nSPS) is 10.5. The van der Waals surface area contributed by atoms with E-state index in [-0.39, 0.29) is 0 Å². The standard InChI is InChI=1S/C18H18N2OS/c1-12-4-9-16(13(2)10-12)17-11-22-18(20-17)19-14-5-7-15(21-3)8-6-14/h4-11H,1-3H3,(H,19,20). The number of aryl methyl sites for hydroxylation is 2. The van der Waals surface area contributed by atoms with Crippen molar-refractivity contribution in [3.63, 3.8) is 0 Å². The van der Waals surface area contributed by atoms with E-state index < -0.39 is 0 Å². The summed E-state index contributed by atoms with van der Waals surface area (Å²) in [4.78, 5) is 4.69. The Morgan fingerprint density at radius 2 is 1.82 bits per heavy atom. The fourth-order valence-corrected chi connectivity index (χ4v) is 3.08. The maximum atomic E-state index is 5.16. The monoisotopic (exact) mass is 310 g/mol. The van der Waals surface area contributed by atoms with Gasteiger partial charge in [0.05, 0.1) is 12.8 Å². The molecule has 0 unspecified atom stereocenters. The summed E-state index contributed by atoms with van der Waals surface area (Å²) in [5.41, 5.74) is 5.72. The fraction of sp³-hybridized carbons (Fsp3) is 0.167. The van der Waals surface area contributed by atoms with Crippen molar-refractivity contribution in [3.8, 4) is 17.0 Å². The van der Waals surface area contributed by atoms with Crippen molar-refractivity contribution in [3.05, 3.63) is 59.0 Å². The smallest absolute Gasteiger partial charge is 0.187 e. The van der Waals surface area contributed by atoms with Crippen LogP contribution in [0.15, 0.2) is 47.8 Å². The quantitative estimate of drug-likeness (QED) is 0.721. The van der Waals surface area contributed by atoms with Gasteiger partial charge in [0.15, 0.2) is 5.13 Å². The molecule has 2 aromatic carbocycles. The third-order valence-corrected chi connectivity index (χ3v) is 4.26. The van der Waals surface area contributed by atoms with Crippen molar-refractivity contribution in [2.45, 2.75) is 13.8 Å². The van der Waals surface area contributed by atoms with E-state index in [1.165, 1.54) is 16.7 Å². The second kappa shape index (κ2) is 6.20. The van der Waals surface area contributed by atoms with Gasteiger partial charge in [-0.15, -0.1) is 11.3 Å². The predicted molar refractivity (Wildman–Crippen MR) is 93.3 cm³/mol. The van der Waals surface area contributed by atoms with Gasteiger partial charge in [-0.25, -0.2) is 4.98 Å². The number of hydrogen-bond donors (Lipinski definition) is 1. The van der Waals surface area contributed by atoms with Crippen molar-refractivity contribution in [1.29, 1.82) is 0 Å². The molecule has 0 aliphatic carbocycles. The van der Waals surface area contributed by atoms with Crippen LogP contribution in [0.5, 0.6) is 5.75 Å². The highest BCUT2D eigenvalue weighted by Crippen LogP contribution is 2.29. The summed E-state index contributed by atoms with van der Waals surface area (Å²) in [7, 11) is 1.67. The molecular weight excluding hydrogens is 292 g/mol. The van der Waals surface area contributed by atoms with Crippen molar-refractivity contribution >= 4 is 22.2 Å². The van der Waals surface area contributed by atoms with Crippen LogP contribution in [0.25, 0.3) is 11.3 Å². The Morgan fingerprint density at radius 3 is 2.50 bits per heavy atom. The van der Waals surface area contributed by atoms with Crippen LogP contribution >= 0.6 is 11.3 Å². The van der Waals surface area contributed by atoms with E-state index in [4.69, 9.17) is 4.74 Å². The molecule has 4 heteroatoms. The van der Waals surface area contributed by atoms with Gasteiger partial charge in [-0.3, -0.25) is 0 Å². The maximum Gasteiger partial charge on any atom is 0.187 e. The van der Waals surface area contributed by atoms with Crippen molar-refractivity contribution in [1.82, 2.24) is 4.98 Å². The van der Waals surface area contributed by atoms with E-state index in [0.29, 0.717) is 0 Å². The minimum atomic E-state index is 0.848. The van der Waals surface area contributed by atoms with Crippen molar-refractivity contribution in [2.75, 3.05) is 12.4 Å². The zero-order chi connectivity index (χ0) is 15.5. The van der Waals surface area contributed by atoms with Gasteiger partial charge < -0.3 is 10.1 Å². The van der Waals surface area contributed by atoms with E-state index in [1.54, 1.807) is 18.4 Å². The summed E-state index contributed by atoms with van der Waals surface area (Å²) in [5, 5.41) is 6.30. The lowest BCUT2D eigenvalue weighted by Crippen LogP contribution is -1.90. The minimum Gasteiger partial charge on any atom is -0.497 e. The molecule has 22 heavy (non-hydrogen) atoms. The molecule has 0 saturated carbocycles. The van der Waals surface area contributed by atoms with Crippen LogP contribution in [-0.4, -0.2) is 12.1 Å². The first-order valence-electron chi connectivity index (χ1n) is 7.10. The highest BCUT2D eigenvalue weighted by Gasteiger charge is 2.07. The topological polar surface area (TPSA) is 34.1 Å². The number of nitrogens with zero attached hydrogens (tertiary/aromatic N) is 1. The number of rotatable bonds is 4. The first-order chi connectivity index (χ1) is 10.7. The molecule has 1 heterocycles. The Balaban J connectivity index is 1.81. The van der Waals surface area contributed by atoms with Gasteiger partial charge in [-0.2, -0.15) is 0 Å². The molecule has 112 valence electrons. The Hall–Kier alpha value is -2.33. The average molecular weight is 310 g/mol. The van der Waals surface area contributed by atoms with Gasteiger partial charge in [-0.1, -0.05) is 23.8 Å². The van der Waals surface area contributed by atoms with Crippen LogP contribution < -0.4 is 10.1 Å². The number of thiazole rings is 1. The molecule has 0 aliphatic rings. The summed E-state index contributed by atoms with van der Waals surface area (Å²) in [5.74, 6) is 0.848. The van der Waals surface area contributed by atoms with E-state index in [9.17, 15) is 0 Å². The van der Waals surface area contributed by atoms with Crippen molar-refractivity contribution < 1.29 is 4.74 Å². The Bertz CT molecular complexity index is 778. The number of nitrogens with one attached hydrogen (secondary N) is 1. The molecule has 1 N–H and O–H groups in total. The zero-order valence-corrected chi connectivity index (χ0v) is 13.7. The molecule has 0 bridgehead atoms. The highest BCUT2D eigenvalue weighted by atomic mass is 32.1. The number of aromatic nitrogens is 1. The molecule has 0 radical (unpaired) electrons. The average Bonchev–Trinajstić information content (AvgIpc) is 2.96. The lowest BCUT2D eigenvalue weighted by atomic mass is 10.0. The molecule has 0 saturated heterocycles. The molecule has 3 aromatic rings. The van der Waals surface area contributed by atoms with Crippen LogP contribution in [0, 0.1) is 13.8 Å². The first kappa shape index (κ1) is 14.6. The zero-order valence-electron chi connectivity index (χ0n) is 12.9. The Labute approximate surface area is 134 Å². The second-order valence-corrected chi connectivity index (χ2v) is 6.07. The third kappa shape index (κ3) is 3.12. The summed E-state index contributed by atoms with van der Waals surface area (Å²) in [6, 6.07) is 14.3. The SMILES string of the molecule is COc1ccc(Nc2nc(-c3ccc(C)cc3C)cs2)cc1. The molecule has 0 spiro atoms. The number of methoxy groups -OCH3 is 1. The molecule has 3 rings (SSSR count). The van der Waals surface area contributed by atoms with Gasteiger partial charge in [0.25, 0.3) is 0 Å². The molecule has 1 aromatic heterocycles. The van der Waals surface area contributed by atoms with Gasteiger partial charge >= 0.3 is 0 Å². The highest BCUT2D eigenvalue weighted by molar-refractivity contribution is 7.14. The largest absolute Gasteiger partial charge is 0.497 e. The van der Waals surface area contributed by atoms with Crippen LogP contribution in [0.3, 0.4) is 0 Å². The van der Waals surface area contributed by atoms with Gasteiger partial charge in [-0.05, 0) is 43.7 Å². The van der Waals surface area contributed by atoms with Gasteiger partial charge in [0.2, 0.25) is 0 Å². The summed E-state index contributed by atoms with van der Waals surface area (Å²) < 4.78 is 5.16. The lowest BCUT2D eigenvalue weighted by Gasteiger charge is -2.05. The van der Waals surface area contributed by atoms with E-state index in [1.807, 2.05) is 24.3 Å². The summed E-state index contributed by atoms with van der Waals surface area (Å²) >= 11 is 1.61. The Morgan fingerprint density at radius 1 is 1.05 bits per heavy atom. The van der Waals surface area contributed by atoms with Crippen LogP contribution in [-0.2, 0) is 0 Å². The summed E-state index contributed by atoms with van der Waals surface area (Å²) in [6.07, 6.45) is 0. The van der Waals surface area contributed by atoms with E-state index in [2.05, 4.69) is 47.7 Å². The number of ether oxygens (including phenoxy) is 1. The van der Waals surface area contributed by atoms with E-state index >= 15 is 0 Å². The van der Waals surface area contributed by atoms with Crippen LogP contribution in [0.4, 0.5) is 10.8 Å². The molecule has 3 nitrogen and oxygen atoms in total. The third-order valence-electron chi connectivity index (χ3n) is 3.50. The van der Waals surface area contributed by atoms with Gasteiger partial charge in [0.1, 0.15) is 5.75 Å². The molecule has 0 fully saturated rings. The second-order valence-electron chi connectivity index (χ2n) is 5.21. The van der Waals surface area contributed by atoms with Crippen LogP contribution in [0.2, 0.25) is 0 Å². The fourth-order valence-electron chi connectivity index (χ4n) is 2.35. The number of benzene rings is 2. The summed E-state index contributed by atoms with van der Waals surface area (Å²) in [6.45, 7) is 4.23. The van der Waals surface area contributed by atoms with Crippen molar-refractivity contribution in [2.24, 2.45) is 0 Å². The minimum absolute atomic E-state index is 0.848. The number of hydrogen-bond acceptors (Lipinski definition) is 4. The molecular formula is C18H18N2OS. The predicted octanol–water partition coefficient (Wildman–Crippen LogP) is 5.18. The molecule has 0 aliphatic heterocycles. The first-order valence-corrected chi connectivity index (χ1v) is 7.98. The van der Waals surface area contributed by atoms with Crippen LogP contribution in [0.1, 0.15) is 11.1 Å².